The van der Waals surface area contributed by atoms with Gasteiger partial charge in [-0.2, -0.15) is 0 Å². The number of benzene rings is 5. The normalized spacial score (nSPS) is 11.9. The zero-order valence-electron chi connectivity index (χ0n) is 26.2. The molecule has 220 valence electrons. The van der Waals surface area contributed by atoms with Crippen LogP contribution in [-0.2, 0) is 24.0 Å². The van der Waals surface area contributed by atoms with E-state index in [4.69, 9.17) is 0 Å². The fourth-order valence-corrected chi connectivity index (χ4v) is 5.82. The number of aryl methyl sites for hydroxylation is 2. The Hall–Kier alpha value is -4.18. The number of aliphatic hydroxyl groups is 2. The Kier molecular flexibility index (Phi) is 8.59. The van der Waals surface area contributed by atoms with E-state index in [1.54, 1.807) is 0 Å². The van der Waals surface area contributed by atoms with Gasteiger partial charge in [-0.15, -0.1) is 0 Å². The lowest BCUT2D eigenvalue weighted by Crippen LogP contribution is -2.20. The van der Waals surface area contributed by atoms with E-state index in [1.165, 1.54) is 33.4 Å². The van der Waals surface area contributed by atoms with Crippen LogP contribution in [0.5, 0.6) is 0 Å². The second-order valence-electron chi connectivity index (χ2n) is 12.7. The molecule has 0 fully saturated rings. The van der Waals surface area contributed by atoms with Crippen LogP contribution >= 0.6 is 0 Å². The number of hydrogen-bond acceptors (Lipinski definition) is 3. The highest BCUT2D eigenvalue weighted by Crippen LogP contribution is 2.40. The smallest absolute Gasteiger partial charge is 0.0681 e. The lowest BCUT2D eigenvalue weighted by Gasteiger charge is -2.30. The van der Waals surface area contributed by atoms with E-state index >= 15 is 0 Å². The second kappa shape index (κ2) is 12.2. The van der Waals surface area contributed by atoms with Crippen molar-refractivity contribution in [1.29, 1.82) is 0 Å². The van der Waals surface area contributed by atoms with Crippen LogP contribution in [0.3, 0.4) is 0 Å². The highest BCUT2D eigenvalue weighted by atomic mass is 16.3. The number of aliphatic hydroxyl groups excluding tert-OH is 2. The molecule has 0 amide bonds. The molecule has 0 aliphatic heterocycles. The summed E-state index contributed by atoms with van der Waals surface area (Å²) >= 11 is 0. The van der Waals surface area contributed by atoms with E-state index in [9.17, 15) is 10.2 Å². The molecule has 5 rings (SSSR count). The molecule has 0 atom stereocenters. The maximum Gasteiger partial charge on any atom is 0.0681 e. The van der Waals surface area contributed by atoms with Crippen LogP contribution < -0.4 is 4.90 Å². The van der Waals surface area contributed by atoms with Crippen molar-refractivity contribution in [2.75, 3.05) is 4.90 Å². The number of anilines is 3. The minimum atomic E-state index is -0.213. The molecular weight excluding hydrogens is 526 g/mol. The van der Waals surface area contributed by atoms with Crippen LogP contribution in [0.2, 0.25) is 0 Å². The van der Waals surface area contributed by atoms with Gasteiger partial charge in [0, 0.05) is 27.9 Å². The van der Waals surface area contributed by atoms with Gasteiger partial charge >= 0.3 is 0 Å². The quantitative estimate of drug-likeness (QED) is 0.186. The number of hydrogen-bond donors (Lipinski definition) is 2. The summed E-state index contributed by atoms with van der Waals surface area (Å²) in [4.78, 5) is 2.32. The molecule has 0 saturated heterocycles. The molecule has 0 heterocycles. The number of rotatable bonds is 9. The van der Waals surface area contributed by atoms with Gasteiger partial charge in [-0.3, -0.25) is 0 Å². The lowest BCUT2D eigenvalue weighted by molar-refractivity contribution is 0.281. The average molecular weight is 570 g/mol. The fourth-order valence-electron chi connectivity index (χ4n) is 5.82. The molecule has 3 nitrogen and oxygen atoms in total. The third-order valence-corrected chi connectivity index (χ3v) is 9.11. The maximum atomic E-state index is 9.68. The minimum Gasteiger partial charge on any atom is -0.392 e. The maximum absolute atomic E-state index is 9.68. The van der Waals surface area contributed by atoms with Gasteiger partial charge in [-0.05, 0) is 94.8 Å². The first kappa shape index (κ1) is 30.3. The van der Waals surface area contributed by atoms with E-state index in [1.807, 2.05) is 24.3 Å². The predicted molar refractivity (Wildman–Crippen MR) is 180 cm³/mol. The van der Waals surface area contributed by atoms with E-state index in [2.05, 4.69) is 137 Å². The summed E-state index contributed by atoms with van der Waals surface area (Å²) in [6, 6.07) is 40.8. The Balaban J connectivity index is 1.53. The zero-order chi connectivity index (χ0) is 30.8. The molecule has 0 radical (unpaired) electrons. The monoisotopic (exact) mass is 569 g/mol. The minimum absolute atomic E-state index is 0.0405. The Morgan fingerprint density at radius 3 is 1.28 bits per heavy atom. The second-order valence-corrected chi connectivity index (χ2v) is 12.7. The third-order valence-electron chi connectivity index (χ3n) is 9.11. The molecule has 5 aromatic rings. The van der Waals surface area contributed by atoms with Crippen LogP contribution in [0.4, 0.5) is 17.1 Å². The van der Waals surface area contributed by atoms with Crippen LogP contribution in [0.1, 0.15) is 72.2 Å². The van der Waals surface area contributed by atoms with Crippen molar-refractivity contribution in [2.24, 2.45) is 0 Å². The zero-order valence-corrected chi connectivity index (χ0v) is 26.2. The van der Waals surface area contributed by atoms with E-state index in [0.29, 0.717) is 0 Å². The van der Waals surface area contributed by atoms with Crippen molar-refractivity contribution >= 4 is 17.1 Å². The standard InChI is InChI=1S/C40H43NO2/c1-28-13-18-38(23-29(28)2)41(36-19-14-32(15-20-36)39(3,4)34-11-7-9-30(24-34)26-42)37-21-16-33(17-22-37)40(5,6)35-12-8-10-31(25-35)27-43/h7-25,42-43H,26-27H2,1-6H3. The van der Waals surface area contributed by atoms with E-state index in [-0.39, 0.29) is 24.0 Å². The fraction of sp³-hybridized carbons (Fsp3) is 0.250. The van der Waals surface area contributed by atoms with E-state index < -0.39 is 0 Å². The Morgan fingerprint density at radius 2 is 0.884 bits per heavy atom. The van der Waals surface area contributed by atoms with Gasteiger partial charge in [0.25, 0.3) is 0 Å². The van der Waals surface area contributed by atoms with Crippen molar-refractivity contribution in [3.63, 3.8) is 0 Å². The van der Waals surface area contributed by atoms with Crippen molar-refractivity contribution in [2.45, 2.75) is 65.6 Å². The van der Waals surface area contributed by atoms with Crippen molar-refractivity contribution < 1.29 is 10.2 Å². The molecule has 0 saturated carbocycles. The first-order chi connectivity index (χ1) is 20.5. The van der Waals surface area contributed by atoms with Gasteiger partial charge in [0.1, 0.15) is 0 Å². The highest BCUT2D eigenvalue weighted by molar-refractivity contribution is 5.77. The molecular formula is C40H43NO2. The lowest BCUT2D eigenvalue weighted by atomic mass is 9.77. The van der Waals surface area contributed by atoms with Crippen molar-refractivity contribution in [1.82, 2.24) is 0 Å². The largest absolute Gasteiger partial charge is 0.392 e. The Bertz CT molecular complexity index is 1600. The van der Waals surface area contributed by atoms with Gasteiger partial charge in [-0.1, -0.05) is 107 Å². The van der Waals surface area contributed by atoms with Crippen molar-refractivity contribution in [3.05, 3.63) is 160 Å². The molecule has 5 aromatic carbocycles. The first-order valence-corrected chi connectivity index (χ1v) is 15.0. The van der Waals surface area contributed by atoms with Crippen LogP contribution in [-0.4, -0.2) is 10.2 Å². The van der Waals surface area contributed by atoms with Crippen LogP contribution in [0, 0.1) is 13.8 Å². The summed E-state index contributed by atoms with van der Waals surface area (Å²) in [6.07, 6.45) is 0. The van der Waals surface area contributed by atoms with Gasteiger partial charge in [-0.25, -0.2) is 0 Å². The summed E-state index contributed by atoms with van der Waals surface area (Å²) < 4.78 is 0. The predicted octanol–water partition coefficient (Wildman–Crippen LogP) is 9.41. The SMILES string of the molecule is Cc1ccc(N(c2ccc(C(C)(C)c3cccc(CO)c3)cc2)c2ccc(C(C)(C)c3cccc(CO)c3)cc2)cc1C. The van der Waals surface area contributed by atoms with Gasteiger partial charge < -0.3 is 15.1 Å². The molecule has 3 heteroatoms. The number of nitrogens with zero attached hydrogens (tertiary/aromatic N) is 1. The molecule has 43 heavy (non-hydrogen) atoms. The topological polar surface area (TPSA) is 43.7 Å². The van der Waals surface area contributed by atoms with Gasteiger partial charge in [0.15, 0.2) is 0 Å². The molecule has 0 unspecified atom stereocenters. The van der Waals surface area contributed by atoms with Gasteiger partial charge in [0.05, 0.1) is 13.2 Å². The van der Waals surface area contributed by atoms with E-state index in [0.717, 1.165) is 28.2 Å². The van der Waals surface area contributed by atoms with Crippen LogP contribution in [0.25, 0.3) is 0 Å². The summed E-state index contributed by atoms with van der Waals surface area (Å²) in [5, 5.41) is 19.4. The molecule has 0 bridgehead atoms. The third kappa shape index (κ3) is 6.15. The van der Waals surface area contributed by atoms with Crippen molar-refractivity contribution in [3.8, 4) is 0 Å². The van der Waals surface area contributed by atoms with Crippen LogP contribution in [0.15, 0.2) is 115 Å². The molecule has 0 aliphatic carbocycles. The Labute approximate surface area is 257 Å². The summed E-state index contributed by atoms with van der Waals surface area (Å²) in [5.74, 6) is 0. The molecule has 0 spiro atoms. The first-order valence-electron chi connectivity index (χ1n) is 15.0. The summed E-state index contributed by atoms with van der Waals surface area (Å²) in [5.41, 5.74) is 12.1. The van der Waals surface area contributed by atoms with Gasteiger partial charge in [0.2, 0.25) is 0 Å². The molecule has 0 aromatic heterocycles. The summed E-state index contributed by atoms with van der Waals surface area (Å²) in [6.45, 7) is 13.3. The summed E-state index contributed by atoms with van der Waals surface area (Å²) in [7, 11) is 0. The molecule has 2 N–H and O–H groups in total. The molecule has 0 aliphatic rings. The average Bonchev–Trinajstić information content (AvgIpc) is 3.03. The Morgan fingerprint density at radius 1 is 0.465 bits per heavy atom. The highest BCUT2D eigenvalue weighted by Gasteiger charge is 2.26.